The van der Waals surface area contributed by atoms with Gasteiger partial charge in [-0.2, -0.15) is 0 Å². The zero-order chi connectivity index (χ0) is 11.7. The topological polar surface area (TPSA) is 44.5 Å². The first-order valence-corrected chi connectivity index (χ1v) is 6.29. The smallest absolute Gasteiger partial charge is 0.231 e. The van der Waals surface area contributed by atoms with Gasteiger partial charge in [0.15, 0.2) is 11.5 Å². The second-order valence-electron chi connectivity index (χ2n) is 3.98. The molecule has 1 aromatic rings. The summed E-state index contributed by atoms with van der Waals surface area (Å²) in [5, 5.41) is 0. The number of halogens is 1. The molecule has 1 atom stereocenters. The zero-order valence-electron chi connectivity index (χ0n) is 9.55. The maximum atomic E-state index is 5.74. The molecule has 1 aliphatic rings. The molecule has 2 rings (SSSR count). The third-order valence-electron chi connectivity index (χ3n) is 2.98. The minimum absolute atomic E-state index is 0.303. The summed E-state index contributed by atoms with van der Waals surface area (Å²) in [5.41, 5.74) is 8.25. The van der Waals surface area contributed by atoms with E-state index in [-0.39, 0.29) is 0 Å². The van der Waals surface area contributed by atoms with Crippen LogP contribution >= 0.6 is 15.9 Å². The van der Waals surface area contributed by atoms with Gasteiger partial charge in [-0.3, -0.25) is 0 Å². The molecule has 0 aromatic heterocycles. The number of ether oxygens (including phenoxy) is 2. The van der Waals surface area contributed by atoms with Gasteiger partial charge in [-0.1, -0.05) is 13.8 Å². The molecule has 0 radical (unpaired) electrons. The number of hydrogen-bond acceptors (Lipinski definition) is 3. The number of nitrogens with two attached hydrogens (primary N) is 1. The van der Waals surface area contributed by atoms with E-state index in [1.54, 1.807) is 0 Å². The second-order valence-corrected chi connectivity index (χ2v) is 4.78. The van der Waals surface area contributed by atoms with Crippen molar-refractivity contribution in [2.45, 2.75) is 26.2 Å². The van der Waals surface area contributed by atoms with Gasteiger partial charge in [-0.25, -0.2) is 0 Å². The summed E-state index contributed by atoms with van der Waals surface area (Å²) < 4.78 is 11.9. The van der Waals surface area contributed by atoms with Crippen molar-refractivity contribution in [3.8, 4) is 11.5 Å². The highest BCUT2D eigenvalue weighted by molar-refractivity contribution is 9.10. The van der Waals surface area contributed by atoms with Crippen LogP contribution in [-0.4, -0.2) is 13.3 Å². The lowest BCUT2D eigenvalue weighted by Gasteiger charge is -2.17. The van der Waals surface area contributed by atoms with Crippen LogP contribution in [0.2, 0.25) is 0 Å². The Bertz CT molecular complexity index is 406. The lowest BCUT2D eigenvalue weighted by Crippen LogP contribution is -2.11. The summed E-state index contributed by atoms with van der Waals surface area (Å²) in [5.74, 6) is 1.98. The average molecular weight is 286 g/mol. The van der Waals surface area contributed by atoms with Crippen molar-refractivity contribution in [2.24, 2.45) is 5.73 Å². The Morgan fingerprint density at radius 3 is 2.88 bits per heavy atom. The lowest BCUT2D eigenvalue weighted by molar-refractivity contribution is 0.173. The number of hydrogen-bond donors (Lipinski definition) is 1. The van der Waals surface area contributed by atoms with Crippen molar-refractivity contribution in [3.05, 3.63) is 21.7 Å². The van der Waals surface area contributed by atoms with E-state index in [1.807, 2.05) is 0 Å². The van der Waals surface area contributed by atoms with E-state index in [1.165, 1.54) is 11.1 Å². The zero-order valence-corrected chi connectivity index (χ0v) is 11.1. The second kappa shape index (κ2) is 4.63. The molecule has 2 N–H and O–H groups in total. The Balaban J connectivity index is 2.56. The number of fused-ring (bicyclic) bond motifs is 1. The molecular weight excluding hydrogens is 270 g/mol. The van der Waals surface area contributed by atoms with Gasteiger partial charge in [-0.15, -0.1) is 0 Å². The fourth-order valence-corrected chi connectivity index (χ4v) is 2.80. The molecule has 1 aliphatic heterocycles. The molecule has 0 spiro atoms. The van der Waals surface area contributed by atoms with Crippen LogP contribution < -0.4 is 15.2 Å². The molecule has 16 heavy (non-hydrogen) atoms. The van der Waals surface area contributed by atoms with Gasteiger partial charge >= 0.3 is 0 Å². The first kappa shape index (κ1) is 11.7. The SMILES string of the molecule is CCc1c(C(C)CN)cc2c(c1Br)OCO2. The van der Waals surface area contributed by atoms with E-state index in [0.29, 0.717) is 19.3 Å². The van der Waals surface area contributed by atoms with Gasteiger partial charge in [0, 0.05) is 0 Å². The van der Waals surface area contributed by atoms with Crippen molar-refractivity contribution in [1.82, 2.24) is 0 Å². The summed E-state index contributed by atoms with van der Waals surface area (Å²) in [6.07, 6.45) is 0.955. The van der Waals surface area contributed by atoms with Gasteiger partial charge in [0.1, 0.15) is 0 Å². The van der Waals surface area contributed by atoms with Crippen molar-refractivity contribution in [1.29, 1.82) is 0 Å². The third-order valence-corrected chi connectivity index (χ3v) is 3.82. The largest absolute Gasteiger partial charge is 0.454 e. The van der Waals surface area contributed by atoms with Crippen LogP contribution in [-0.2, 0) is 6.42 Å². The predicted molar refractivity (Wildman–Crippen MR) is 67.1 cm³/mol. The summed E-state index contributed by atoms with van der Waals surface area (Å²) in [4.78, 5) is 0. The van der Waals surface area contributed by atoms with Gasteiger partial charge in [0.05, 0.1) is 4.47 Å². The highest BCUT2D eigenvalue weighted by Gasteiger charge is 2.23. The highest BCUT2D eigenvalue weighted by atomic mass is 79.9. The molecule has 0 aliphatic carbocycles. The van der Waals surface area contributed by atoms with E-state index in [2.05, 4.69) is 35.8 Å². The lowest BCUT2D eigenvalue weighted by atomic mass is 9.94. The van der Waals surface area contributed by atoms with Crippen molar-refractivity contribution >= 4 is 15.9 Å². The van der Waals surface area contributed by atoms with E-state index in [4.69, 9.17) is 15.2 Å². The summed E-state index contributed by atoms with van der Waals surface area (Å²) >= 11 is 3.59. The molecule has 88 valence electrons. The maximum absolute atomic E-state index is 5.74. The van der Waals surface area contributed by atoms with Crippen molar-refractivity contribution in [2.75, 3.05) is 13.3 Å². The first-order chi connectivity index (χ1) is 7.69. The van der Waals surface area contributed by atoms with Crippen LogP contribution in [0.5, 0.6) is 11.5 Å². The van der Waals surface area contributed by atoms with Crippen LogP contribution in [0, 0.1) is 0 Å². The van der Waals surface area contributed by atoms with Gasteiger partial charge in [0.2, 0.25) is 6.79 Å². The van der Waals surface area contributed by atoms with E-state index in [9.17, 15) is 0 Å². The Morgan fingerprint density at radius 2 is 2.25 bits per heavy atom. The fourth-order valence-electron chi connectivity index (χ4n) is 1.99. The minimum atomic E-state index is 0.303. The monoisotopic (exact) mass is 285 g/mol. The van der Waals surface area contributed by atoms with Crippen molar-refractivity contribution in [3.63, 3.8) is 0 Å². The fraction of sp³-hybridized carbons (Fsp3) is 0.500. The highest BCUT2D eigenvalue weighted by Crippen LogP contribution is 2.44. The standard InChI is InChI=1S/C12H16BrNO2/c1-3-8-9(7(2)5-14)4-10-12(11(8)13)16-6-15-10/h4,7H,3,5-6,14H2,1-2H3. The molecule has 0 amide bonds. The molecule has 0 saturated carbocycles. The molecule has 4 heteroatoms. The van der Waals surface area contributed by atoms with Crippen LogP contribution in [0.4, 0.5) is 0 Å². The Labute approximate surface area is 104 Å². The molecule has 1 unspecified atom stereocenters. The van der Waals surface area contributed by atoms with Crippen LogP contribution in [0.25, 0.3) is 0 Å². The number of benzene rings is 1. The summed E-state index contributed by atoms with van der Waals surface area (Å²) in [6, 6.07) is 2.06. The molecule has 0 bridgehead atoms. The third kappa shape index (κ3) is 1.80. The summed E-state index contributed by atoms with van der Waals surface area (Å²) in [7, 11) is 0. The quantitative estimate of drug-likeness (QED) is 0.929. The van der Waals surface area contributed by atoms with Crippen molar-refractivity contribution < 1.29 is 9.47 Å². The maximum Gasteiger partial charge on any atom is 0.231 e. The molecule has 0 saturated heterocycles. The molecular formula is C12H16BrNO2. The molecule has 0 fully saturated rings. The normalized spacial score (nSPS) is 15.2. The van der Waals surface area contributed by atoms with Gasteiger partial charge in [0.25, 0.3) is 0 Å². The summed E-state index contributed by atoms with van der Waals surface area (Å²) in [6.45, 7) is 5.20. The average Bonchev–Trinajstić information content (AvgIpc) is 2.76. The Hall–Kier alpha value is -0.740. The van der Waals surface area contributed by atoms with E-state index in [0.717, 1.165) is 22.4 Å². The van der Waals surface area contributed by atoms with Gasteiger partial charge in [-0.05, 0) is 52.0 Å². The molecule has 1 heterocycles. The van der Waals surface area contributed by atoms with Crippen LogP contribution in [0.1, 0.15) is 30.9 Å². The molecule has 1 aromatic carbocycles. The van der Waals surface area contributed by atoms with E-state index < -0.39 is 0 Å². The van der Waals surface area contributed by atoms with Crippen LogP contribution in [0.15, 0.2) is 10.5 Å². The predicted octanol–water partition coefficient (Wildman–Crippen LogP) is 2.80. The molecule has 3 nitrogen and oxygen atoms in total. The first-order valence-electron chi connectivity index (χ1n) is 5.50. The minimum Gasteiger partial charge on any atom is -0.454 e. The van der Waals surface area contributed by atoms with Gasteiger partial charge < -0.3 is 15.2 Å². The Kier molecular flexibility index (Phi) is 3.40. The Morgan fingerprint density at radius 1 is 1.50 bits per heavy atom. The number of rotatable bonds is 3. The van der Waals surface area contributed by atoms with Crippen LogP contribution in [0.3, 0.4) is 0 Å². The van der Waals surface area contributed by atoms with E-state index >= 15 is 0 Å².